The molecule has 1 aromatic carbocycles. The minimum absolute atomic E-state index is 0.120. The van der Waals surface area contributed by atoms with Gasteiger partial charge in [0.25, 0.3) is 0 Å². The molecule has 1 amide bonds. The molecule has 0 saturated heterocycles. The fourth-order valence-corrected chi connectivity index (χ4v) is 3.52. The van der Waals surface area contributed by atoms with Crippen LogP contribution in [0.1, 0.15) is 38.7 Å². The molecule has 1 atom stereocenters. The van der Waals surface area contributed by atoms with E-state index in [0.717, 1.165) is 0 Å². The second kappa shape index (κ2) is 7.84. The van der Waals surface area contributed by atoms with Crippen molar-refractivity contribution in [3.63, 3.8) is 0 Å². The minimum atomic E-state index is -5.44. The van der Waals surface area contributed by atoms with Gasteiger partial charge in [-0.2, -0.15) is 13.2 Å². The third kappa shape index (κ3) is 5.26. The maximum absolute atomic E-state index is 12.4. The van der Waals surface area contributed by atoms with Crippen molar-refractivity contribution in [2.45, 2.75) is 50.2 Å². The molecule has 0 radical (unpaired) electrons. The number of hydrogen-bond donors (Lipinski definition) is 2. The largest absolute Gasteiger partial charge is 0.511 e. The van der Waals surface area contributed by atoms with E-state index in [1.165, 1.54) is 17.7 Å². The molecule has 0 unspecified atom stereocenters. The summed E-state index contributed by atoms with van der Waals surface area (Å²) in [5.74, 6) is 0.189. The van der Waals surface area contributed by atoms with E-state index in [9.17, 15) is 26.4 Å². The van der Waals surface area contributed by atoms with Gasteiger partial charge in [0.15, 0.2) is 0 Å². The highest BCUT2D eigenvalue weighted by molar-refractivity contribution is 7.90. The van der Waals surface area contributed by atoms with Crippen LogP contribution in [0.15, 0.2) is 18.2 Å². The smallest absolute Gasteiger partial charge is 0.492 e. The Morgan fingerprint density at radius 1 is 1.37 bits per heavy atom. The van der Waals surface area contributed by atoms with Gasteiger partial charge in [-0.05, 0) is 43.5 Å². The van der Waals surface area contributed by atoms with Crippen LogP contribution in [0.25, 0.3) is 0 Å². The molecular formula is C16H20ClF3N2O4S. The Bertz CT molecular complexity index is 810. The molecule has 6 nitrogen and oxygen atoms in total. The van der Waals surface area contributed by atoms with Crippen molar-refractivity contribution >= 4 is 27.5 Å². The molecule has 27 heavy (non-hydrogen) atoms. The number of carbonyl (C=O) groups excluding carboxylic acids is 1. The maximum atomic E-state index is 12.4. The Balaban J connectivity index is 2.06. The van der Waals surface area contributed by atoms with Crippen LogP contribution >= 0.6 is 11.6 Å². The van der Waals surface area contributed by atoms with Crippen LogP contribution in [0.5, 0.6) is 5.75 Å². The number of amides is 1. The molecule has 1 aliphatic carbocycles. The van der Waals surface area contributed by atoms with Gasteiger partial charge in [-0.25, -0.2) is 13.1 Å². The highest BCUT2D eigenvalue weighted by Gasteiger charge is 2.47. The van der Waals surface area contributed by atoms with Crippen LogP contribution in [0.2, 0.25) is 5.02 Å². The monoisotopic (exact) mass is 428 g/mol. The molecule has 11 heteroatoms. The van der Waals surface area contributed by atoms with Crippen molar-refractivity contribution in [2.24, 2.45) is 0 Å². The fraction of sp³-hybridized carbons (Fsp3) is 0.562. The summed E-state index contributed by atoms with van der Waals surface area (Å²) >= 11 is 6.22. The van der Waals surface area contributed by atoms with Crippen LogP contribution in [0, 0.1) is 0 Å². The molecule has 1 aliphatic rings. The molecule has 0 spiro atoms. The van der Waals surface area contributed by atoms with E-state index in [1.54, 1.807) is 19.1 Å². The first-order valence-electron chi connectivity index (χ1n) is 8.22. The Kier molecular flexibility index (Phi) is 6.33. The second-order valence-electron chi connectivity index (χ2n) is 6.40. The van der Waals surface area contributed by atoms with E-state index >= 15 is 0 Å². The quantitative estimate of drug-likeness (QED) is 0.666. The van der Waals surface area contributed by atoms with Gasteiger partial charge in [-0.3, -0.25) is 4.79 Å². The average Bonchev–Trinajstić information content (AvgIpc) is 3.32. The number of hydrogen-bond acceptors (Lipinski definition) is 4. The normalized spacial score (nSPS) is 17.3. The molecule has 2 N–H and O–H groups in total. The van der Waals surface area contributed by atoms with Crippen molar-refractivity contribution in [3.05, 3.63) is 28.8 Å². The van der Waals surface area contributed by atoms with Crippen molar-refractivity contribution < 1.29 is 31.1 Å². The summed E-state index contributed by atoms with van der Waals surface area (Å²) in [6.45, 7) is 2.67. The topological polar surface area (TPSA) is 84.5 Å². The fourth-order valence-electron chi connectivity index (χ4n) is 2.49. The minimum Gasteiger partial charge on any atom is -0.492 e. The van der Waals surface area contributed by atoms with E-state index in [0.29, 0.717) is 35.6 Å². The predicted octanol–water partition coefficient (Wildman–Crippen LogP) is 3.06. The standard InChI is InChI=1S/C16H20ClF3N2O4S/c1-3-14(23)21-15(6-7-15)12-8-11(4-5-13(12)17)26-9-10(2)22-27(24,25)16(18,19)20/h4-5,8,10,22H,3,6-7,9H2,1-2H3,(H,21,23)/t10-/m0/s1. The Labute approximate surface area is 160 Å². The molecule has 152 valence electrons. The number of nitrogens with one attached hydrogen (secondary N) is 2. The number of alkyl halides is 3. The zero-order valence-electron chi connectivity index (χ0n) is 14.7. The lowest BCUT2D eigenvalue weighted by molar-refractivity contribution is -0.121. The summed E-state index contributed by atoms with van der Waals surface area (Å²) < 4.78 is 66.3. The van der Waals surface area contributed by atoms with Crippen molar-refractivity contribution in [1.29, 1.82) is 0 Å². The number of carbonyl (C=O) groups is 1. The van der Waals surface area contributed by atoms with Crippen LogP contribution in [0.4, 0.5) is 13.2 Å². The van der Waals surface area contributed by atoms with Gasteiger partial charge in [-0.15, -0.1) is 0 Å². The van der Waals surface area contributed by atoms with E-state index in [-0.39, 0.29) is 12.5 Å². The lowest BCUT2D eigenvalue weighted by atomic mass is 10.0. The Morgan fingerprint density at radius 3 is 2.52 bits per heavy atom. The Morgan fingerprint density at radius 2 is 2.00 bits per heavy atom. The maximum Gasteiger partial charge on any atom is 0.511 e. The Hall–Kier alpha value is -1.52. The molecule has 0 aromatic heterocycles. The van der Waals surface area contributed by atoms with E-state index in [4.69, 9.17) is 16.3 Å². The van der Waals surface area contributed by atoms with Crippen LogP contribution < -0.4 is 14.8 Å². The summed E-state index contributed by atoms with van der Waals surface area (Å²) in [4.78, 5) is 11.7. The lowest BCUT2D eigenvalue weighted by Gasteiger charge is -2.21. The third-order valence-corrected chi connectivity index (χ3v) is 5.72. The number of sulfonamides is 1. The van der Waals surface area contributed by atoms with Gasteiger partial charge in [0.2, 0.25) is 5.91 Å². The highest BCUT2D eigenvalue weighted by Crippen LogP contribution is 2.49. The summed E-state index contributed by atoms with van der Waals surface area (Å²) in [6.07, 6.45) is 1.75. The summed E-state index contributed by atoms with van der Waals surface area (Å²) in [5.41, 5.74) is -5.29. The molecule has 1 saturated carbocycles. The van der Waals surface area contributed by atoms with Gasteiger partial charge in [0.05, 0.1) is 11.6 Å². The van der Waals surface area contributed by atoms with Crippen molar-refractivity contribution in [1.82, 2.24) is 10.0 Å². The molecule has 1 fully saturated rings. The molecule has 1 aromatic rings. The first kappa shape index (κ1) is 21.8. The molecule has 2 rings (SSSR count). The van der Waals surface area contributed by atoms with E-state index in [1.807, 2.05) is 0 Å². The average molecular weight is 429 g/mol. The van der Waals surface area contributed by atoms with Gasteiger partial charge < -0.3 is 10.1 Å². The zero-order valence-corrected chi connectivity index (χ0v) is 16.3. The SMILES string of the molecule is CCC(=O)NC1(c2cc(OC[C@H](C)NS(=O)(=O)C(F)(F)F)ccc2Cl)CC1. The summed E-state index contributed by atoms with van der Waals surface area (Å²) in [7, 11) is -5.44. The van der Waals surface area contributed by atoms with Crippen LogP contribution in [0.3, 0.4) is 0 Å². The second-order valence-corrected chi connectivity index (χ2v) is 8.52. The summed E-state index contributed by atoms with van der Waals surface area (Å²) in [6, 6.07) is 3.59. The zero-order chi connectivity index (χ0) is 20.5. The van der Waals surface area contributed by atoms with Crippen LogP contribution in [-0.2, 0) is 20.4 Å². The lowest BCUT2D eigenvalue weighted by Crippen LogP contribution is -2.43. The highest BCUT2D eigenvalue weighted by atomic mass is 35.5. The predicted molar refractivity (Wildman–Crippen MR) is 93.9 cm³/mol. The van der Waals surface area contributed by atoms with Gasteiger partial charge >= 0.3 is 15.5 Å². The van der Waals surface area contributed by atoms with Crippen LogP contribution in [-0.4, -0.2) is 32.5 Å². The first-order chi connectivity index (χ1) is 12.4. The van der Waals surface area contributed by atoms with Gasteiger partial charge in [0.1, 0.15) is 12.4 Å². The summed E-state index contributed by atoms with van der Waals surface area (Å²) in [5, 5.41) is 3.35. The number of halogens is 4. The molecule has 0 bridgehead atoms. The van der Waals surface area contributed by atoms with Crippen molar-refractivity contribution in [3.8, 4) is 5.75 Å². The number of rotatable bonds is 8. The van der Waals surface area contributed by atoms with E-state index in [2.05, 4.69) is 5.32 Å². The van der Waals surface area contributed by atoms with Gasteiger partial charge in [0, 0.05) is 11.4 Å². The van der Waals surface area contributed by atoms with Crippen molar-refractivity contribution in [2.75, 3.05) is 6.61 Å². The molecule has 0 heterocycles. The van der Waals surface area contributed by atoms with E-state index < -0.39 is 27.1 Å². The number of ether oxygens (including phenoxy) is 1. The first-order valence-corrected chi connectivity index (χ1v) is 10.1. The molecule has 0 aliphatic heterocycles. The number of benzene rings is 1. The van der Waals surface area contributed by atoms with Gasteiger partial charge in [-0.1, -0.05) is 18.5 Å². The third-order valence-electron chi connectivity index (χ3n) is 4.06. The molecular weight excluding hydrogens is 409 g/mol.